The molecule has 0 aliphatic rings. The molecule has 0 N–H and O–H groups in total. The first-order valence-corrected chi connectivity index (χ1v) is 18.2. The standard InChI is InChI=1S/C46H26N4O2S/c1-2-11-27(12-3-1)43-48-44(29-14-8-13-28(25-29)31-16-9-17-33-32-15-4-7-22-40(32)53-42(31)33)50-45(49-43)35-18-10-21-38-41(35)34-24-23-30(26-39(34)51-38)46-47-36-19-5-6-20-37(36)52-46/h1-26H. The van der Waals surface area contributed by atoms with Crippen LogP contribution >= 0.6 is 11.3 Å². The lowest BCUT2D eigenvalue weighted by Gasteiger charge is -2.10. The first kappa shape index (κ1) is 29.7. The van der Waals surface area contributed by atoms with E-state index in [1.807, 2.05) is 90.2 Å². The quantitative estimate of drug-likeness (QED) is 0.178. The van der Waals surface area contributed by atoms with Gasteiger partial charge in [0, 0.05) is 53.2 Å². The van der Waals surface area contributed by atoms with Crippen molar-refractivity contribution < 1.29 is 8.83 Å². The molecule has 0 aliphatic carbocycles. The van der Waals surface area contributed by atoms with Crippen LogP contribution in [0.1, 0.15) is 0 Å². The second-order valence-electron chi connectivity index (χ2n) is 13.0. The van der Waals surface area contributed by atoms with Crippen LogP contribution in [0.3, 0.4) is 0 Å². The summed E-state index contributed by atoms with van der Waals surface area (Å²) >= 11 is 1.83. The lowest BCUT2D eigenvalue weighted by molar-refractivity contribution is 0.619. The Balaban J connectivity index is 1.07. The maximum absolute atomic E-state index is 6.46. The van der Waals surface area contributed by atoms with E-state index in [4.69, 9.17) is 28.8 Å². The predicted molar refractivity (Wildman–Crippen MR) is 215 cm³/mol. The second-order valence-corrected chi connectivity index (χ2v) is 14.1. The molecule has 4 aromatic heterocycles. The Labute approximate surface area is 306 Å². The highest BCUT2D eigenvalue weighted by Crippen LogP contribution is 2.41. The third kappa shape index (κ3) is 4.93. The fraction of sp³-hybridized carbons (Fsp3) is 0. The van der Waals surface area contributed by atoms with Crippen LogP contribution in [-0.4, -0.2) is 19.9 Å². The largest absolute Gasteiger partial charge is 0.456 e. The number of aromatic nitrogens is 4. The van der Waals surface area contributed by atoms with Gasteiger partial charge in [0.2, 0.25) is 5.89 Å². The molecule has 53 heavy (non-hydrogen) atoms. The number of fused-ring (bicyclic) bond motifs is 7. The number of nitrogens with zero attached hydrogens (tertiary/aromatic N) is 4. The number of benzene rings is 7. The molecule has 0 bridgehead atoms. The van der Waals surface area contributed by atoms with Crippen LogP contribution in [0.5, 0.6) is 0 Å². The fourth-order valence-corrected chi connectivity index (χ4v) is 8.52. The van der Waals surface area contributed by atoms with Gasteiger partial charge in [-0.2, -0.15) is 0 Å². The van der Waals surface area contributed by atoms with E-state index in [1.54, 1.807) is 0 Å². The van der Waals surface area contributed by atoms with Gasteiger partial charge < -0.3 is 8.83 Å². The molecule has 0 saturated carbocycles. The predicted octanol–water partition coefficient (Wildman–Crippen LogP) is 12.6. The van der Waals surface area contributed by atoms with Crippen LogP contribution in [0, 0.1) is 0 Å². The summed E-state index contributed by atoms with van der Waals surface area (Å²) in [7, 11) is 0. The van der Waals surface area contributed by atoms with Crippen molar-refractivity contribution in [2.75, 3.05) is 0 Å². The normalized spacial score (nSPS) is 11.8. The molecule has 6 nitrogen and oxygen atoms in total. The summed E-state index contributed by atoms with van der Waals surface area (Å²) in [4.78, 5) is 20.0. The molecule has 0 atom stereocenters. The van der Waals surface area contributed by atoms with Crippen molar-refractivity contribution in [1.29, 1.82) is 0 Å². The Morgan fingerprint density at radius 3 is 2.02 bits per heavy atom. The topological polar surface area (TPSA) is 77.8 Å². The van der Waals surface area contributed by atoms with Crippen molar-refractivity contribution in [3.63, 3.8) is 0 Å². The molecule has 0 amide bonds. The summed E-state index contributed by atoms with van der Waals surface area (Å²) in [6.45, 7) is 0. The summed E-state index contributed by atoms with van der Waals surface area (Å²) in [5.41, 5.74) is 8.87. The minimum absolute atomic E-state index is 0.550. The molecule has 4 heterocycles. The molecule has 7 aromatic carbocycles. The molecular weight excluding hydrogens is 673 g/mol. The molecule has 0 spiro atoms. The molecule has 11 rings (SSSR count). The van der Waals surface area contributed by atoms with E-state index in [0.717, 1.165) is 60.9 Å². The summed E-state index contributed by atoms with van der Waals surface area (Å²) in [5, 5.41) is 4.44. The van der Waals surface area contributed by atoms with Gasteiger partial charge in [0.05, 0.1) is 0 Å². The Morgan fingerprint density at radius 1 is 0.396 bits per heavy atom. The van der Waals surface area contributed by atoms with Gasteiger partial charge in [-0.25, -0.2) is 19.9 Å². The van der Waals surface area contributed by atoms with Gasteiger partial charge in [-0.3, -0.25) is 0 Å². The summed E-state index contributed by atoms with van der Waals surface area (Å²) in [6, 6.07) is 53.6. The molecular formula is C46H26N4O2S. The van der Waals surface area contributed by atoms with E-state index >= 15 is 0 Å². The van der Waals surface area contributed by atoms with Gasteiger partial charge in [-0.15, -0.1) is 11.3 Å². The lowest BCUT2D eigenvalue weighted by atomic mass is 10.0. The number of furan rings is 1. The second kappa shape index (κ2) is 11.8. The van der Waals surface area contributed by atoms with Crippen LogP contribution in [0.15, 0.2) is 167 Å². The zero-order valence-electron chi connectivity index (χ0n) is 28.0. The van der Waals surface area contributed by atoms with Crippen LogP contribution in [-0.2, 0) is 0 Å². The van der Waals surface area contributed by atoms with Crippen LogP contribution in [0.4, 0.5) is 0 Å². The number of rotatable bonds is 5. The average molecular weight is 699 g/mol. The number of hydrogen-bond donors (Lipinski definition) is 0. The summed E-state index contributed by atoms with van der Waals surface area (Å²) < 4.78 is 15.1. The summed E-state index contributed by atoms with van der Waals surface area (Å²) in [5.74, 6) is 2.32. The van der Waals surface area contributed by atoms with E-state index in [9.17, 15) is 0 Å². The Bertz CT molecular complexity index is 3160. The van der Waals surface area contributed by atoms with Crippen LogP contribution < -0.4 is 0 Å². The van der Waals surface area contributed by atoms with Crippen molar-refractivity contribution in [2.45, 2.75) is 0 Å². The molecule has 0 radical (unpaired) electrons. The first-order valence-electron chi connectivity index (χ1n) is 17.4. The van der Waals surface area contributed by atoms with Crippen molar-refractivity contribution in [3.8, 4) is 56.7 Å². The van der Waals surface area contributed by atoms with E-state index in [0.29, 0.717) is 23.4 Å². The van der Waals surface area contributed by atoms with Gasteiger partial charge in [0.15, 0.2) is 23.1 Å². The van der Waals surface area contributed by atoms with Gasteiger partial charge in [0.1, 0.15) is 16.7 Å². The monoisotopic (exact) mass is 698 g/mol. The Hall–Kier alpha value is -6.96. The zero-order chi connectivity index (χ0) is 34.9. The van der Waals surface area contributed by atoms with E-state index in [-0.39, 0.29) is 0 Å². The molecule has 0 saturated heterocycles. The number of para-hydroxylation sites is 2. The van der Waals surface area contributed by atoms with E-state index in [2.05, 4.69) is 78.9 Å². The molecule has 11 aromatic rings. The fourth-order valence-electron chi connectivity index (χ4n) is 7.28. The Morgan fingerprint density at radius 2 is 1.09 bits per heavy atom. The van der Waals surface area contributed by atoms with Crippen molar-refractivity contribution >= 4 is 64.5 Å². The third-order valence-corrected chi connectivity index (χ3v) is 11.0. The molecule has 248 valence electrons. The van der Waals surface area contributed by atoms with Gasteiger partial charge in [-0.1, -0.05) is 109 Å². The maximum Gasteiger partial charge on any atom is 0.227 e. The first-order chi connectivity index (χ1) is 26.2. The number of hydrogen-bond acceptors (Lipinski definition) is 7. The molecule has 7 heteroatoms. The SMILES string of the molecule is c1ccc(-c2nc(-c3cccc(-c4cccc5c4sc4ccccc45)c3)nc(-c3cccc4oc5cc(-c6nc7ccccc7o6)ccc5c34)n2)cc1. The van der Waals surface area contributed by atoms with Gasteiger partial charge in [-0.05, 0) is 59.7 Å². The van der Waals surface area contributed by atoms with Crippen molar-refractivity contribution in [2.24, 2.45) is 0 Å². The van der Waals surface area contributed by atoms with Crippen LogP contribution in [0.25, 0.3) is 110 Å². The van der Waals surface area contributed by atoms with Crippen molar-refractivity contribution in [1.82, 2.24) is 19.9 Å². The smallest absolute Gasteiger partial charge is 0.227 e. The van der Waals surface area contributed by atoms with E-state index < -0.39 is 0 Å². The van der Waals surface area contributed by atoms with Crippen molar-refractivity contribution in [3.05, 3.63) is 158 Å². The summed E-state index contributed by atoms with van der Waals surface area (Å²) in [6.07, 6.45) is 0. The molecule has 0 unspecified atom stereocenters. The third-order valence-electron chi connectivity index (χ3n) is 9.78. The highest BCUT2D eigenvalue weighted by molar-refractivity contribution is 7.26. The van der Waals surface area contributed by atoms with Crippen LogP contribution in [0.2, 0.25) is 0 Å². The lowest BCUT2D eigenvalue weighted by Crippen LogP contribution is -2.00. The van der Waals surface area contributed by atoms with E-state index in [1.165, 1.54) is 25.7 Å². The number of thiophene rings is 1. The minimum atomic E-state index is 0.550. The minimum Gasteiger partial charge on any atom is -0.456 e. The zero-order valence-corrected chi connectivity index (χ0v) is 28.8. The highest BCUT2D eigenvalue weighted by Gasteiger charge is 2.20. The Kier molecular flexibility index (Phi) is 6.62. The molecule has 0 aliphatic heterocycles. The number of oxazole rings is 1. The van der Waals surface area contributed by atoms with Gasteiger partial charge in [0.25, 0.3) is 0 Å². The highest BCUT2D eigenvalue weighted by atomic mass is 32.1. The van der Waals surface area contributed by atoms with Gasteiger partial charge >= 0.3 is 0 Å². The maximum atomic E-state index is 6.46. The molecule has 0 fully saturated rings. The average Bonchev–Trinajstić information content (AvgIpc) is 3.94.